The number of nitrogens with one attached hydrogen (secondary N) is 1. The highest BCUT2D eigenvalue weighted by Gasteiger charge is 2.13. The van der Waals surface area contributed by atoms with Crippen LogP contribution in [0.3, 0.4) is 0 Å². The molecule has 0 spiro atoms. The first-order chi connectivity index (χ1) is 9.58. The fraction of sp³-hybridized carbons (Fsp3) is 0.588. The maximum absolute atomic E-state index is 5.27. The molecule has 0 radical (unpaired) electrons. The van der Waals surface area contributed by atoms with E-state index >= 15 is 0 Å². The van der Waals surface area contributed by atoms with Gasteiger partial charge in [-0.25, -0.2) is 0 Å². The van der Waals surface area contributed by atoms with Gasteiger partial charge in [0.15, 0.2) is 11.5 Å². The second-order valence-electron chi connectivity index (χ2n) is 5.62. The van der Waals surface area contributed by atoms with Crippen LogP contribution in [0.25, 0.3) is 0 Å². The predicted molar refractivity (Wildman–Crippen MR) is 88.5 cm³/mol. The fourth-order valence-corrected chi connectivity index (χ4v) is 2.08. The Bertz CT molecular complexity index is 482. The Balaban J connectivity index is 0.000000216. The number of rotatable bonds is 2. The Morgan fingerprint density at radius 1 is 1.05 bits per heavy atom. The van der Waals surface area contributed by atoms with Crippen LogP contribution in [0.1, 0.15) is 46.6 Å². The SMILES string of the molecule is C.CC(C)C1=NCCN1.CC(C)c1ccc2c(c1)OCO2. The molecule has 1 N–H and O–H groups in total. The Morgan fingerprint density at radius 2 is 1.76 bits per heavy atom. The van der Waals surface area contributed by atoms with Gasteiger partial charge in [0.1, 0.15) is 0 Å². The van der Waals surface area contributed by atoms with Crippen LogP contribution in [0.15, 0.2) is 23.2 Å². The summed E-state index contributed by atoms with van der Waals surface area (Å²) in [5.41, 5.74) is 1.29. The maximum Gasteiger partial charge on any atom is 0.231 e. The summed E-state index contributed by atoms with van der Waals surface area (Å²) < 4.78 is 10.5. The standard InChI is InChI=1S/C10H12O2.C6H12N2.CH4/c1-7(2)8-3-4-9-10(5-8)12-6-11-9;1-5(2)6-7-3-4-8-6;/h3-5,7H,6H2,1-2H3;5H,3-4H2,1-2H3,(H,7,8);1H4. The van der Waals surface area contributed by atoms with Crippen molar-refractivity contribution >= 4 is 5.84 Å². The summed E-state index contributed by atoms with van der Waals surface area (Å²) >= 11 is 0. The van der Waals surface area contributed by atoms with Crippen molar-refractivity contribution in [1.82, 2.24) is 5.32 Å². The quantitative estimate of drug-likeness (QED) is 0.901. The zero-order valence-corrected chi connectivity index (χ0v) is 12.8. The van der Waals surface area contributed by atoms with Crippen molar-refractivity contribution < 1.29 is 9.47 Å². The van der Waals surface area contributed by atoms with Crippen LogP contribution < -0.4 is 14.8 Å². The highest BCUT2D eigenvalue weighted by Crippen LogP contribution is 2.34. The Hall–Kier alpha value is -1.71. The minimum atomic E-state index is 0. The van der Waals surface area contributed by atoms with Gasteiger partial charge in [0.25, 0.3) is 0 Å². The lowest BCUT2D eigenvalue weighted by molar-refractivity contribution is 0.174. The second-order valence-corrected chi connectivity index (χ2v) is 5.62. The zero-order chi connectivity index (χ0) is 14.5. The number of fused-ring (bicyclic) bond motifs is 1. The number of ether oxygens (including phenoxy) is 2. The van der Waals surface area contributed by atoms with Crippen LogP contribution in [0.5, 0.6) is 11.5 Å². The molecule has 3 rings (SSSR count). The Labute approximate surface area is 128 Å². The van der Waals surface area contributed by atoms with Crippen molar-refractivity contribution in [3.8, 4) is 11.5 Å². The van der Waals surface area contributed by atoms with E-state index in [0.717, 1.165) is 24.6 Å². The summed E-state index contributed by atoms with van der Waals surface area (Å²) in [6, 6.07) is 6.10. The smallest absolute Gasteiger partial charge is 0.231 e. The summed E-state index contributed by atoms with van der Waals surface area (Å²) in [5, 5.41) is 3.21. The van der Waals surface area contributed by atoms with Crippen LogP contribution in [0.4, 0.5) is 0 Å². The zero-order valence-electron chi connectivity index (χ0n) is 12.8. The molecule has 2 heterocycles. The molecule has 0 fully saturated rings. The molecule has 0 atom stereocenters. The van der Waals surface area contributed by atoms with E-state index in [9.17, 15) is 0 Å². The first kappa shape index (κ1) is 17.3. The van der Waals surface area contributed by atoms with Gasteiger partial charge in [-0.3, -0.25) is 4.99 Å². The van der Waals surface area contributed by atoms with Crippen molar-refractivity contribution in [1.29, 1.82) is 0 Å². The van der Waals surface area contributed by atoms with Crippen molar-refractivity contribution in [2.24, 2.45) is 10.9 Å². The molecule has 0 saturated heterocycles. The lowest BCUT2D eigenvalue weighted by atomic mass is 10.0. The minimum Gasteiger partial charge on any atom is -0.454 e. The maximum atomic E-state index is 5.27. The average molecular weight is 292 g/mol. The van der Waals surface area contributed by atoms with E-state index in [0.29, 0.717) is 18.6 Å². The van der Waals surface area contributed by atoms with Crippen LogP contribution in [0, 0.1) is 5.92 Å². The summed E-state index contributed by atoms with van der Waals surface area (Å²) in [6.07, 6.45) is 0. The first-order valence-corrected chi connectivity index (χ1v) is 7.25. The normalized spacial score (nSPS) is 15.0. The van der Waals surface area contributed by atoms with E-state index in [1.807, 2.05) is 12.1 Å². The van der Waals surface area contributed by atoms with Crippen LogP contribution in [-0.2, 0) is 0 Å². The molecule has 4 heteroatoms. The average Bonchev–Trinajstić information content (AvgIpc) is 3.10. The van der Waals surface area contributed by atoms with E-state index in [-0.39, 0.29) is 7.43 Å². The molecular weight excluding hydrogens is 264 g/mol. The molecule has 0 aliphatic carbocycles. The van der Waals surface area contributed by atoms with E-state index in [2.05, 4.69) is 44.1 Å². The Kier molecular flexibility index (Phi) is 6.53. The molecule has 2 aliphatic rings. The number of hydrogen-bond acceptors (Lipinski definition) is 4. The molecule has 2 aliphatic heterocycles. The number of amidine groups is 1. The molecular formula is C17H28N2O2. The molecule has 0 amide bonds. The van der Waals surface area contributed by atoms with Gasteiger partial charge in [0.05, 0.1) is 12.4 Å². The van der Waals surface area contributed by atoms with Gasteiger partial charge in [-0.2, -0.15) is 0 Å². The van der Waals surface area contributed by atoms with Gasteiger partial charge in [0.2, 0.25) is 6.79 Å². The Morgan fingerprint density at radius 3 is 2.29 bits per heavy atom. The highest BCUT2D eigenvalue weighted by atomic mass is 16.7. The van der Waals surface area contributed by atoms with E-state index in [4.69, 9.17) is 9.47 Å². The number of hydrogen-bond donors (Lipinski definition) is 1. The van der Waals surface area contributed by atoms with Gasteiger partial charge in [-0.05, 0) is 23.6 Å². The van der Waals surface area contributed by atoms with Crippen molar-refractivity contribution in [3.05, 3.63) is 23.8 Å². The lowest BCUT2D eigenvalue weighted by Gasteiger charge is -2.05. The first-order valence-electron chi connectivity index (χ1n) is 7.25. The van der Waals surface area contributed by atoms with E-state index in [1.54, 1.807) is 0 Å². The molecule has 118 valence electrons. The highest BCUT2D eigenvalue weighted by molar-refractivity contribution is 5.85. The van der Waals surface area contributed by atoms with Gasteiger partial charge >= 0.3 is 0 Å². The fourth-order valence-electron chi connectivity index (χ4n) is 2.08. The minimum absolute atomic E-state index is 0. The van der Waals surface area contributed by atoms with E-state index in [1.165, 1.54) is 11.4 Å². The summed E-state index contributed by atoms with van der Waals surface area (Å²) in [5.74, 6) is 4.03. The van der Waals surface area contributed by atoms with Gasteiger partial charge < -0.3 is 14.8 Å². The molecule has 21 heavy (non-hydrogen) atoms. The number of benzene rings is 1. The second kappa shape index (κ2) is 7.91. The third-order valence-electron chi connectivity index (χ3n) is 3.31. The van der Waals surface area contributed by atoms with Gasteiger partial charge in [0, 0.05) is 12.5 Å². The van der Waals surface area contributed by atoms with E-state index < -0.39 is 0 Å². The van der Waals surface area contributed by atoms with Gasteiger partial charge in [-0.1, -0.05) is 41.2 Å². The molecule has 1 aromatic rings. The molecule has 0 saturated carbocycles. The topological polar surface area (TPSA) is 42.9 Å². The molecule has 1 aromatic carbocycles. The van der Waals surface area contributed by atoms with Crippen LogP contribution in [-0.4, -0.2) is 25.7 Å². The third kappa shape index (κ3) is 4.66. The predicted octanol–water partition coefficient (Wildman–Crippen LogP) is 3.82. The summed E-state index contributed by atoms with van der Waals surface area (Å²) in [4.78, 5) is 4.24. The van der Waals surface area contributed by atoms with Gasteiger partial charge in [-0.15, -0.1) is 0 Å². The molecule has 4 nitrogen and oxygen atoms in total. The summed E-state index contributed by atoms with van der Waals surface area (Å²) in [6.45, 7) is 11.0. The van der Waals surface area contributed by atoms with Crippen LogP contribution >= 0.6 is 0 Å². The molecule has 0 bridgehead atoms. The van der Waals surface area contributed by atoms with Crippen molar-refractivity contribution in [2.45, 2.75) is 41.0 Å². The number of aliphatic imine (C=N–C) groups is 1. The number of nitrogens with zero attached hydrogens (tertiary/aromatic N) is 1. The molecule has 0 aromatic heterocycles. The molecule has 0 unspecified atom stereocenters. The largest absolute Gasteiger partial charge is 0.454 e. The lowest BCUT2D eigenvalue weighted by Crippen LogP contribution is -2.23. The van der Waals surface area contributed by atoms with Crippen LogP contribution in [0.2, 0.25) is 0 Å². The monoisotopic (exact) mass is 292 g/mol. The summed E-state index contributed by atoms with van der Waals surface area (Å²) in [7, 11) is 0. The third-order valence-corrected chi connectivity index (χ3v) is 3.31. The van der Waals surface area contributed by atoms with Crippen molar-refractivity contribution in [2.75, 3.05) is 19.9 Å². The van der Waals surface area contributed by atoms with Crippen molar-refractivity contribution in [3.63, 3.8) is 0 Å².